The minimum Gasteiger partial charge on any atom is -0.493 e. The second kappa shape index (κ2) is 6.13. The third-order valence-corrected chi connectivity index (χ3v) is 2.45. The summed E-state index contributed by atoms with van der Waals surface area (Å²) in [5.41, 5.74) is 0.958. The van der Waals surface area contributed by atoms with E-state index in [2.05, 4.69) is 19.2 Å². The molecule has 0 aliphatic heterocycles. The number of anilines is 1. The van der Waals surface area contributed by atoms with Crippen molar-refractivity contribution in [2.45, 2.75) is 20.3 Å². The molecule has 0 aromatic heterocycles. The Balaban J connectivity index is 2.80. The number of ether oxygens (including phenoxy) is 1. The van der Waals surface area contributed by atoms with E-state index in [1.165, 1.54) is 0 Å². The van der Waals surface area contributed by atoms with E-state index in [1.807, 2.05) is 0 Å². The highest BCUT2D eigenvalue weighted by Gasteiger charge is 2.12. The molecule has 0 atom stereocenters. The van der Waals surface area contributed by atoms with E-state index in [0.29, 0.717) is 18.3 Å². The summed E-state index contributed by atoms with van der Waals surface area (Å²) in [4.78, 5) is 11.1. The lowest BCUT2D eigenvalue weighted by Crippen LogP contribution is -2.07. The summed E-state index contributed by atoms with van der Waals surface area (Å²) >= 11 is 0. The fourth-order valence-corrected chi connectivity index (χ4v) is 1.38. The highest BCUT2D eigenvalue weighted by Crippen LogP contribution is 2.23. The van der Waals surface area contributed by atoms with Crippen molar-refractivity contribution >= 4 is 11.7 Å². The van der Waals surface area contributed by atoms with Crippen molar-refractivity contribution in [1.29, 1.82) is 0 Å². The zero-order chi connectivity index (χ0) is 12.8. The Morgan fingerprint density at radius 3 is 2.71 bits per heavy atom. The van der Waals surface area contributed by atoms with Gasteiger partial charge in [0.2, 0.25) is 0 Å². The van der Waals surface area contributed by atoms with Crippen LogP contribution in [0.5, 0.6) is 5.75 Å². The molecular weight excluding hydrogens is 218 g/mol. The zero-order valence-electron chi connectivity index (χ0n) is 10.5. The van der Waals surface area contributed by atoms with Crippen LogP contribution in [0.25, 0.3) is 0 Å². The fourth-order valence-electron chi connectivity index (χ4n) is 1.38. The number of benzene rings is 1. The highest BCUT2D eigenvalue weighted by molar-refractivity contribution is 5.92. The summed E-state index contributed by atoms with van der Waals surface area (Å²) in [5.74, 6) is -0.00124. The second-order valence-corrected chi connectivity index (χ2v) is 4.30. The molecule has 2 N–H and O–H groups in total. The van der Waals surface area contributed by atoms with Gasteiger partial charge in [-0.15, -0.1) is 0 Å². The first-order chi connectivity index (χ1) is 8.04. The van der Waals surface area contributed by atoms with Gasteiger partial charge in [0.15, 0.2) is 0 Å². The molecule has 0 aliphatic rings. The van der Waals surface area contributed by atoms with Crippen LogP contribution in [0.15, 0.2) is 18.2 Å². The van der Waals surface area contributed by atoms with Crippen LogP contribution >= 0.6 is 0 Å². The normalized spacial score (nSPS) is 10.4. The number of rotatable bonds is 6. The molecule has 1 rings (SSSR count). The third kappa shape index (κ3) is 3.98. The second-order valence-electron chi connectivity index (χ2n) is 4.30. The standard InChI is InChI=1S/C13H19NO3/c1-9(2)6-7-17-12-5-4-10(14-3)8-11(12)13(15)16/h4-5,8-9,14H,6-7H2,1-3H3,(H,15,16). The first-order valence-electron chi connectivity index (χ1n) is 5.72. The molecule has 4 nitrogen and oxygen atoms in total. The molecule has 4 heteroatoms. The molecule has 17 heavy (non-hydrogen) atoms. The van der Waals surface area contributed by atoms with Gasteiger partial charge in [-0.05, 0) is 30.5 Å². The predicted molar refractivity (Wildman–Crippen MR) is 67.9 cm³/mol. The van der Waals surface area contributed by atoms with E-state index in [0.717, 1.165) is 12.1 Å². The van der Waals surface area contributed by atoms with Crippen molar-refractivity contribution in [2.24, 2.45) is 5.92 Å². The van der Waals surface area contributed by atoms with Crippen molar-refractivity contribution in [3.8, 4) is 5.75 Å². The first-order valence-corrected chi connectivity index (χ1v) is 5.72. The molecule has 0 heterocycles. The molecule has 1 aromatic rings. The molecule has 1 aromatic carbocycles. The maximum Gasteiger partial charge on any atom is 0.339 e. The number of hydrogen-bond donors (Lipinski definition) is 2. The Morgan fingerprint density at radius 1 is 1.47 bits per heavy atom. The maximum absolute atomic E-state index is 11.1. The van der Waals surface area contributed by atoms with Gasteiger partial charge in [-0.2, -0.15) is 0 Å². The molecular formula is C13H19NO3. The van der Waals surface area contributed by atoms with Gasteiger partial charge in [-0.25, -0.2) is 4.79 Å². The van der Waals surface area contributed by atoms with Crippen LogP contribution in [-0.2, 0) is 0 Å². The summed E-state index contributed by atoms with van der Waals surface area (Å²) in [5, 5.41) is 12.0. The Morgan fingerprint density at radius 2 is 2.18 bits per heavy atom. The molecule has 0 amide bonds. The van der Waals surface area contributed by atoms with E-state index in [1.54, 1.807) is 25.2 Å². The molecule has 94 valence electrons. The summed E-state index contributed by atoms with van der Waals surface area (Å²) in [6, 6.07) is 5.07. The van der Waals surface area contributed by atoms with Gasteiger partial charge < -0.3 is 15.2 Å². The van der Waals surface area contributed by atoms with Crippen LogP contribution in [0.1, 0.15) is 30.6 Å². The Kier molecular flexibility index (Phi) is 4.82. The quantitative estimate of drug-likeness (QED) is 0.798. The molecule has 0 aliphatic carbocycles. The molecule has 0 radical (unpaired) electrons. The van der Waals surface area contributed by atoms with E-state index in [-0.39, 0.29) is 5.56 Å². The van der Waals surface area contributed by atoms with Gasteiger partial charge >= 0.3 is 5.97 Å². The number of hydrogen-bond acceptors (Lipinski definition) is 3. The van der Waals surface area contributed by atoms with Crippen molar-refractivity contribution in [1.82, 2.24) is 0 Å². The average Bonchev–Trinajstić information content (AvgIpc) is 2.28. The minimum atomic E-state index is -0.971. The van der Waals surface area contributed by atoms with Gasteiger partial charge in [0.05, 0.1) is 6.61 Å². The lowest BCUT2D eigenvalue weighted by molar-refractivity contribution is 0.0692. The molecule has 0 spiro atoms. The number of carboxylic acid groups (broad SMARTS) is 1. The van der Waals surface area contributed by atoms with Crippen molar-refractivity contribution in [3.05, 3.63) is 23.8 Å². The SMILES string of the molecule is CNc1ccc(OCCC(C)C)c(C(=O)O)c1. The van der Waals surface area contributed by atoms with Crippen molar-refractivity contribution in [2.75, 3.05) is 19.0 Å². The summed E-state index contributed by atoms with van der Waals surface area (Å²) in [6.45, 7) is 4.74. The van der Waals surface area contributed by atoms with Crippen molar-refractivity contribution in [3.63, 3.8) is 0 Å². The highest BCUT2D eigenvalue weighted by atomic mass is 16.5. The molecule has 0 fully saturated rings. The number of carboxylic acids is 1. The monoisotopic (exact) mass is 237 g/mol. The number of aromatic carboxylic acids is 1. The summed E-state index contributed by atoms with van der Waals surface area (Å²) in [7, 11) is 1.75. The number of nitrogens with one attached hydrogen (secondary N) is 1. The van der Waals surface area contributed by atoms with Gasteiger partial charge in [-0.3, -0.25) is 0 Å². The van der Waals surface area contributed by atoms with E-state index >= 15 is 0 Å². The first kappa shape index (κ1) is 13.4. The Labute approximate surface area is 102 Å². The molecule has 0 saturated carbocycles. The lowest BCUT2D eigenvalue weighted by Gasteiger charge is -2.11. The van der Waals surface area contributed by atoms with E-state index < -0.39 is 5.97 Å². The Bertz CT molecular complexity index is 388. The minimum absolute atomic E-state index is 0.195. The van der Waals surface area contributed by atoms with Gasteiger partial charge in [0.1, 0.15) is 11.3 Å². The topological polar surface area (TPSA) is 58.6 Å². The maximum atomic E-state index is 11.1. The Hall–Kier alpha value is -1.71. The van der Waals surface area contributed by atoms with Gasteiger partial charge in [0, 0.05) is 12.7 Å². The van der Waals surface area contributed by atoms with Gasteiger partial charge in [0.25, 0.3) is 0 Å². The molecule has 0 unspecified atom stereocenters. The van der Waals surface area contributed by atoms with Gasteiger partial charge in [-0.1, -0.05) is 13.8 Å². The van der Waals surface area contributed by atoms with Crippen LogP contribution in [0.4, 0.5) is 5.69 Å². The van der Waals surface area contributed by atoms with E-state index in [4.69, 9.17) is 9.84 Å². The van der Waals surface area contributed by atoms with Crippen LogP contribution in [0.3, 0.4) is 0 Å². The lowest BCUT2D eigenvalue weighted by atomic mass is 10.1. The molecule has 0 saturated heterocycles. The van der Waals surface area contributed by atoms with Crippen LogP contribution in [0.2, 0.25) is 0 Å². The smallest absolute Gasteiger partial charge is 0.339 e. The fraction of sp³-hybridized carbons (Fsp3) is 0.462. The summed E-state index contributed by atoms with van der Waals surface area (Å²) < 4.78 is 5.50. The summed E-state index contributed by atoms with van der Waals surface area (Å²) in [6.07, 6.45) is 0.910. The largest absolute Gasteiger partial charge is 0.493 e. The predicted octanol–water partition coefficient (Wildman–Crippen LogP) is 2.85. The average molecular weight is 237 g/mol. The van der Waals surface area contributed by atoms with E-state index in [9.17, 15) is 4.79 Å². The van der Waals surface area contributed by atoms with Crippen LogP contribution in [0, 0.1) is 5.92 Å². The third-order valence-electron chi connectivity index (χ3n) is 2.45. The zero-order valence-corrected chi connectivity index (χ0v) is 10.5. The van der Waals surface area contributed by atoms with Crippen molar-refractivity contribution < 1.29 is 14.6 Å². The van der Waals surface area contributed by atoms with Crippen LogP contribution in [-0.4, -0.2) is 24.7 Å². The number of carbonyl (C=O) groups is 1. The van der Waals surface area contributed by atoms with Crippen LogP contribution < -0.4 is 10.1 Å². The molecule has 0 bridgehead atoms.